The molecule has 1 aromatic rings. The third-order valence-electron chi connectivity index (χ3n) is 3.37. The summed E-state index contributed by atoms with van der Waals surface area (Å²) in [4.78, 5) is 0. The molecule has 1 aromatic carbocycles. The lowest BCUT2D eigenvalue weighted by Crippen LogP contribution is -2.03. The van der Waals surface area contributed by atoms with Crippen molar-refractivity contribution >= 4 is 6.08 Å². The van der Waals surface area contributed by atoms with Crippen LogP contribution < -0.4 is 0 Å². The van der Waals surface area contributed by atoms with Gasteiger partial charge in [-0.3, -0.25) is 0 Å². The SMILES string of the molecule is C=C/C=C\c1c(C)cccc1C1(C)CC1. The van der Waals surface area contributed by atoms with Gasteiger partial charge in [-0.15, -0.1) is 0 Å². The van der Waals surface area contributed by atoms with Gasteiger partial charge < -0.3 is 0 Å². The largest absolute Gasteiger partial charge is 0.0991 e. The molecule has 1 aliphatic rings. The molecule has 0 aromatic heterocycles. The van der Waals surface area contributed by atoms with Gasteiger partial charge in [0.2, 0.25) is 0 Å². The second-order valence-electron chi connectivity index (χ2n) is 4.69. The second kappa shape index (κ2) is 3.69. The third kappa shape index (κ3) is 1.90. The summed E-state index contributed by atoms with van der Waals surface area (Å²) in [5.41, 5.74) is 4.68. The molecule has 0 unspecified atom stereocenters. The van der Waals surface area contributed by atoms with E-state index in [2.05, 4.69) is 44.7 Å². The molecule has 0 heterocycles. The van der Waals surface area contributed by atoms with E-state index < -0.39 is 0 Å². The molecule has 0 saturated heterocycles. The van der Waals surface area contributed by atoms with Crippen molar-refractivity contribution in [1.82, 2.24) is 0 Å². The normalized spacial score (nSPS) is 18.0. The highest BCUT2D eigenvalue weighted by Gasteiger charge is 2.40. The molecular formula is C15H18. The molecule has 0 N–H and O–H groups in total. The average Bonchev–Trinajstić information content (AvgIpc) is 2.96. The fourth-order valence-electron chi connectivity index (χ4n) is 2.05. The number of allylic oxidation sites excluding steroid dienone is 2. The van der Waals surface area contributed by atoms with Crippen molar-refractivity contribution in [2.24, 2.45) is 0 Å². The average molecular weight is 198 g/mol. The molecule has 2 rings (SSSR count). The van der Waals surface area contributed by atoms with Crippen LogP contribution in [0.5, 0.6) is 0 Å². The van der Waals surface area contributed by atoms with Crippen molar-refractivity contribution in [3.63, 3.8) is 0 Å². The Morgan fingerprint density at radius 1 is 1.33 bits per heavy atom. The van der Waals surface area contributed by atoms with E-state index in [0.29, 0.717) is 5.41 Å². The highest BCUT2D eigenvalue weighted by Crippen LogP contribution is 2.49. The van der Waals surface area contributed by atoms with Crippen molar-refractivity contribution in [2.75, 3.05) is 0 Å². The van der Waals surface area contributed by atoms with Crippen LogP contribution in [-0.4, -0.2) is 0 Å². The number of rotatable bonds is 3. The predicted octanol–water partition coefficient (Wildman–Crippen LogP) is 4.25. The first-order chi connectivity index (χ1) is 7.17. The van der Waals surface area contributed by atoms with Crippen LogP contribution in [-0.2, 0) is 5.41 Å². The van der Waals surface area contributed by atoms with Crippen LogP contribution in [0, 0.1) is 6.92 Å². The van der Waals surface area contributed by atoms with Crippen LogP contribution in [0.4, 0.5) is 0 Å². The van der Waals surface area contributed by atoms with Gasteiger partial charge in [0.15, 0.2) is 0 Å². The molecular weight excluding hydrogens is 180 g/mol. The molecule has 1 aliphatic carbocycles. The smallest absolute Gasteiger partial charge is 0.00686 e. The van der Waals surface area contributed by atoms with E-state index in [1.165, 1.54) is 29.5 Å². The Hall–Kier alpha value is -1.30. The molecule has 0 nitrogen and oxygen atoms in total. The summed E-state index contributed by atoms with van der Waals surface area (Å²) in [6.45, 7) is 8.26. The van der Waals surface area contributed by atoms with E-state index in [0.717, 1.165) is 0 Å². The summed E-state index contributed by atoms with van der Waals surface area (Å²) in [6.07, 6.45) is 8.70. The molecule has 15 heavy (non-hydrogen) atoms. The van der Waals surface area contributed by atoms with Gasteiger partial charge in [0.25, 0.3) is 0 Å². The summed E-state index contributed by atoms with van der Waals surface area (Å²) >= 11 is 0. The summed E-state index contributed by atoms with van der Waals surface area (Å²) in [6, 6.07) is 6.61. The molecule has 0 radical (unpaired) electrons. The highest BCUT2D eigenvalue weighted by atomic mass is 14.4. The zero-order valence-electron chi connectivity index (χ0n) is 9.59. The Balaban J connectivity index is 2.49. The Kier molecular flexibility index (Phi) is 2.52. The monoisotopic (exact) mass is 198 g/mol. The van der Waals surface area contributed by atoms with Gasteiger partial charge in [-0.05, 0) is 41.9 Å². The minimum Gasteiger partial charge on any atom is -0.0991 e. The molecule has 1 saturated carbocycles. The van der Waals surface area contributed by atoms with Crippen LogP contribution in [0.1, 0.15) is 36.5 Å². The second-order valence-corrected chi connectivity index (χ2v) is 4.69. The molecule has 78 valence electrons. The molecule has 1 fully saturated rings. The first kappa shape index (κ1) is 10.2. The van der Waals surface area contributed by atoms with E-state index in [-0.39, 0.29) is 0 Å². The van der Waals surface area contributed by atoms with E-state index in [1.807, 2.05) is 12.2 Å². The zero-order chi connectivity index (χ0) is 10.9. The van der Waals surface area contributed by atoms with E-state index in [9.17, 15) is 0 Å². The predicted molar refractivity (Wildman–Crippen MR) is 67.0 cm³/mol. The Morgan fingerprint density at radius 3 is 2.67 bits per heavy atom. The van der Waals surface area contributed by atoms with Gasteiger partial charge >= 0.3 is 0 Å². The first-order valence-electron chi connectivity index (χ1n) is 5.56. The minimum atomic E-state index is 0.437. The number of benzene rings is 1. The van der Waals surface area contributed by atoms with E-state index in [4.69, 9.17) is 0 Å². The molecule has 0 atom stereocenters. The summed E-state index contributed by atoms with van der Waals surface area (Å²) < 4.78 is 0. The van der Waals surface area contributed by atoms with Crippen LogP contribution in [0.3, 0.4) is 0 Å². The van der Waals surface area contributed by atoms with Gasteiger partial charge in [-0.25, -0.2) is 0 Å². The van der Waals surface area contributed by atoms with Crippen LogP contribution in [0.25, 0.3) is 6.08 Å². The lowest BCUT2D eigenvalue weighted by atomic mass is 9.90. The maximum Gasteiger partial charge on any atom is -0.00686 e. The van der Waals surface area contributed by atoms with Gasteiger partial charge in [0, 0.05) is 0 Å². The maximum absolute atomic E-state index is 3.73. The van der Waals surface area contributed by atoms with Crippen molar-refractivity contribution in [2.45, 2.75) is 32.1 Å². The van der Waals surface area contributed by atoms with E-state index >= 15 is 0 Å². The zero-order valence-corrected chi connectivity index (χ0v) is 9.59. The molecule has 0 aliphatic heterocycles. The van der Waals surface area contributed by atoms with Gasteiger partial charge in [-0.1, -0.05) is 49.9 Å². The first-order valence-corrected chi connectivity index (χ1v) is 5.56. The highest BCUT2D eigenvalue weighted by molar-refractivity contribution is 5.61. The fourth-order valence-corrected chi connectivity index (χ4v) is 2.05. The Bertz CT molecular complexity index is 406. The van der Waals surface area contributed by atoms with Crippen LogP contribution in [0.15, 0.2) is 36.9 Å². The Morgan fingerprint density at radius 2 is 2.07 bits per heavy atom. The van der Waals surface area contributed by atoms with Crippen molar-refractivity contribution < 1.29 is 0 Å². The van der Waals surface area contributed by atoms with Crippen molar-refractivity contribution in [1.29, 1.82) is 0 Å². The Labute approximate surface area is 92.3 Å². The summed E-state index contributed by atoms with van der Waals surface area (Å²) in [5, 5.41) is 0. The summed E-state index contributed by atoms with van der Waals surface area (Å²) in [5.74, 6) is 0. The van der Waals surface area contributed by atoms with Gasteiger partial charge in [0.1, 0.15) is 0 Å². The lowest BCUT2D eigenvalue weighted by Gasteiger charge is -2.14. The molecule has 0 spiro atoms. The molecule has 0 heteroatoms. The van der Waals surface area contributed by atoms with E-state index in [1.54, 1.807) is 0 Å². The van der Waals surface area contributed by atoms with Crippen molar-refractivity contribution in [3.05, 3.63) is 53.6 Å². The standard InChI is InChI=1S/C15H18/c1-4-5-8-13-12(2)7-6-9-14(13)15(3)10-11-15/h4-9H,1,10-11H2,2-3H3/b8-5-. The lowest BCUT2D eigenvalue weighted by molar-refractivity contribution is 0.784. The number of hydrogen-bond donors (Lipinski definition) is 0. The summed E-state index contributed by atoms with van der Waals surface area (Å²) in [7, 11) is 0. The topological polar surface area (TPSA) is 0 Å². The quantitative estimate of drug-likeness (QED) is 0.637. The van der Waals surface area contributed by atoms with Crippen LogP contribution >= 0.6 is 0 Å². The van der Waals surface area contributed by atoms with Crippen molar-refractivity contribution in [3.8, 4) is 0 Å². The fraction of sp³-hybridized carbons (Fsp3) is 0.333. The van der Waals surface area contributed by atoms with Gasteiger partial charge in [0.05, 0.1) is 0 Å². The minimum absolute atomic E-state index is 0.437. The maximum atomic E-state index is 3.73. The molecule has 0 amide bonds. The number of hydrogen-bond acceptors (Lipinski definition) is 0. The molecule has 0 bridgehead atoms. The van der Waals surface area contributed by atoms with Crippen LogP contribution in [0.2, 0.25) is 0 Å². The third-order valence-corrected chi connectivity index (χ3v) is 3.37. The van der Waals surface area contributed by atoms with Gasteiger partial charge in [-0.2, -0.15) is 0 Å². The number of aryl methyl sites for hydroxylation is 1.